The second-order valence-electron chi connectivity index (χ2n) is 6.10. The highest BCUT2D eigenvalue weighted by Gasteiger charge is 2.20. The number of hydrogen-bond acceptors (Lipinski definition) is 9. The Morgan fingerprint density at radius 1 is 0.700 bits per heavy atom. The highest BCUT2D eigenvalue weighted by Crippen LogP contribution is 2.41. The maximum Gasteiger partial charge on any atom is 0.235 e. The van der Waals surface area contributed by atoms with E-state index in [4.69, 9.17) is 28.8 Å². The summed E-state index contributed by atoms with van der Waals surface area (Å²) in [6, 6.07) is 9.14. The lowest BCUT2D eigenvalue weighted by Crippen LogP contribution is -1.96. The molecule has 4 aromatic rings. The molecule has 2 aromatic heterocycles. The van der Waals surface area contributed by atoms with Crippen LogP contribution in [0.1, 0.15) is 0 Å². The van der Waals surface area contributed by atoms with E-state index < -0.39 is 0 Å². The minimum Gasteiger partial charge on any atom is -0.496 e. The molecule has 2 heterocycles. The lowest BCUT2D eigenvalue weighted by Gasteiger charge is -2.12. The molecule has 0 aliphatic carbocycles. The second kappa shape index (κ2) is 8.07. The summed E-state index contributed by atoms with van der Waals surface area (Å²) < 4.78 is 28.7. The summed E-state index contributed by atoms with van der Waals surface area (Å²) in [4.78, 5) is 0.645. The van der Waals surface area contributed by atoms with Gasteiger partial charge >= 0.3 is 0 Å². The zero-order valence-electron chi connectivity index (χ0n) is 17.1. The average Bonchev–Trinajstić information content (AvgIpc) is 3.38. The second-order valence-corrected chi connectivity index (χ2v) is 7.06. The molecule has 9 nitrogen and oxygen atoms in total. The highest BCUT2D eigenvalue weighted by molar-refractivity contribution is 7.19. The Labute approximate surface area is 176 Å². The molecule has 0 radical (unpaired) electrons. The van der Waals surface area contributed by atoms with Crippen LogP contribution >= 0.6 is 11.3 Å². The molecule has 4 rings (SSSR count). The first-order valence-electron chi connectivity index (χ1n) is 8.88. The van der Waals surface area contributed by atoms with Gasteiger partial charge in [0, 0.05) is 11.6 Å². The van der Waals surface area contributed by atoms with Crippen LogP contribution in [0, 0.1) is 0 Å². The number of hydrogen-bond donors (Lipinski definition) is 0. The highest BCUT2D eigenvalue weighted by atomic mass is 32.1. The van der Waals surface area contributed by atoms with Crippen LogP contribution in [0.25, 0.3) is 26.9 Å². The first-order valence-corrected chi connectivity index (χ1v) is 9.70. The zero-order valence-corrected chi connectivity index (χ0v) is 17.9. The van der Waals surface area contributed by atoms with Gasteiger partial charge in [0.2, 0.25) is 4.96 Å². The van der Waals surface area contributed by atoms with Crippen molar-refractivity contribution in [2.45, 2.75) is 0 Å². The summed E-state index contributed by atoms with van der Waals surface area (Å²) in [5.41, 5.74) is 1.57. The van der Waals surface area contributed by atoms with Gasteiger partial charge in [-0.05, 0) is 24.3 Å². The number of methoxy groups -OCH3 is 5. The summed E-state index contributed by atoms with van der Waals surface area (Å²) >= 11 is 1.39. The molecule has 0 aliphatic heterocycles. The van der Waals surface area contributed by atoms with Crippen LogP contribution in [0.2, 0.25) is 0 Å². The summed E-state index contributed by atoms with van der Waals surface area (Å²) in [7, 11) is 7.94. The van der Waals surface area contributed by atoms with Gasteiger partial charge in [-0.15, -0.1) is 10.2 Å². The molecule has 2 aromatic carbocycles. The fraction of sp³-hybridized carbons (Fsp3) is 0.250. The number of benzene rings is 2. The van der Waals surface area contributed by atoms with Crippen molar-refractivity contribution in [3.05, 3.63) is 30.3 Å². The van der Waals surface area contributed by atoms with Crippen molar-refractivity contribution in [1.29, 1.82) is 0 Å². The number of rotatable bonds is 7. The molecule has 30 heavy (non-hydrogen) atoms. The van der Waals surface area contributed by atoms with Gasteiger partial charge < -0.3 is 23.7 Å². The number of fused-ring (bicyclic) bond motifs is 1. The van der Waals surface area contributed by atoms with Crippen molar-refractivity contribution >= 4 is 16.3 Å². The van der Waals surface area contributed by atoms with Crippen LogP contribution in [0.15, 0.2) is 30.3 Å². The maximum absolute atomic E-state index is 5.54. The largest absolute Gasteiger partial charge is 0.496 e. The molecule has 0 aliphatic rings. The Morgan fingerprint density at radius 2 is 1.33 bits per heavy atom. The van der Waals surface area contributed by atoms with Crippen LogP contribution in [0.5, 0.6) is 28.7 Å². The summed E-state index contributed by atoms with van der Waals surface area (Å²) in [5.74, 6) is 3.60. The zero-order chi connectivity index (χ0) is 21.3. The molecule has 0 atom stereocenters. The van der Waals surface area contributed by atoms with Crippen LogP contribution < -0.4 is 23.7 Å². The molecule has 0 fully saturated rings. The topological polar surface area (TPSA) is 89.2 Å². The first kappa shape index (κ1) is 19.8. The summed E-state index contributed by atoms with van der Waals surface area (Å²) in [5, 5.41) is 14.0. The molecule has 156 valence electrons. The minimum atomic E-state index is 0.576. The van der Waals surface area contributed by atoms with E-state index in [1.807, 2.05) is 24.3 Å². The summed E-state index contributed by atoms with van der Waals surface area (Å²) in [6.45, 7) is 0. The molecule has 0 bridgehead atoms. The Balaban J connectivity index is 1.83. The number of aromatic nitrogens is 4. The van der Waals surface area contributed by atoms with E-state index in [1.54, 1.807) is 46.1 Å². The van der Waals surface area contributed by atoms with Gasteiger partial charge in [0.05, 0.1) is 41.1 Å². The molecule has 0 spiro atoms. The number of ether oxygens (including phenoxy) is 5. The predicted octanol–water partition coefficient (Wildman–Crippen LogP) is 3.56. The SMILES string of the molecule is COc1ccc(-c2nnc3sc(-c4cc(OC)c(OC)cc4OC)nn23)cc1OC. The lowest BCUT2D eigenvalue weighted by molar-refractivity contribution is 0.349. The van der Waals surface area contributed by atoms with E-state index in [9.17, 15) is 0 Å². The van der Waals surface area contributed by atoms with E-state index in [0.29, 0.717) is 44.5 Å². The molecule has 0 amide bonds. The van der Waals surface area contributed by atoms with E-state index in [-0.39, 0.29) is 0 Å². The molecule has 0 unspecified atom stereocenters. The Kier molecular flexibility index (Phi) is 5.32. The molecular weight excluding hydrogens is 408 g/mol. The normalized spacial score (nSPS) is 10.8. The monoisotopic (exact) mass is 428 g/mol. The van der Waals surface area contributed by atoms with Crippen LogP contribution in [-0.4, -0.2) is 55.4 Å². The van der Waals surface area contributed by atoms with Crippen LogP contribution in [0.4, 0.5) is 0 Å². The van der Waals surface area contributed by atoms with E-state index in [1.165, 1.54) is 11.3 Å². The number of nitrogens with zero attached hydrogens (tertiary/aromatic N) is 4. The fourth-order valence-corrected chi connectivity index (χ4v) is 3.94. The molecule has 0 saturated heterocycles. The fourth-order valence-electron chi connectivity index (χ4n) is 3.08. The lowest BCUT2D eigenvalue weighted by atomic mass is 10.2. The Morgan fingerprint density at radius 3 is 2.00 bits per heavy atom. The molecule has 0 N–H and O–H groups in total. The van der Waals surface area contributed by atoms with E-state index >= 15 is 0 Å². The van der Waals surface area contributed by atoms with Crippen LogP contribution in [0.3, 0.4) is 0 Å². The smallest absolute Gasteiger partial charge is 0.235 e. The molecular formula is C20H20N4O5S. The third-order valence-corrected chi connectivity index (χ3v) is 5.50. The standard InChI is InChI=1S/C20H20N4O5S/c1-25-13-7-6-11(8-15(13)27-3)18-21-22-20-24(18)23-19(30-20)12-9-16(28-4)17(29-5)10-14(12)26-2/h6-10H,1-5H3. The summed E-state index contributed by atoms with van der Waals surface area (Å²) in [6.07, 6.45) is 0. The van der Waals surface area contributed by atoms with Crippen molar-refractivity contribution in [2.24, 2.45) is 0 Å². The van der Waals surface area contributed by atoms with Gasteiger partial charge in [-0.25, -0.2) is 0 Å². The van der Waals surface area contributed by atoms with Gasteiger partial charge in [0.1, 0.15) is 5.75 Å². The quantitative estimate of drug-likeness (QED) is 0.441. The molecule has 0 saturated carbocycles. The first-order chi connectivity index (χ1) is 14.6. The van der Waals surface area contributed by atoms with Crippen molar-refractivity contribution in [1.82, 2.24) is 19.8 Å². The van der Waals surface area contributed by atoms with Gasteiger partial charge in [0.15, 0.2) is 33.8 Å². The van der Waals surface area contributed by atoms with Gasteiger partial charge in [-0.2, -0.15) is 9.61 Å². The maximum atomic E-state index is 5.54. The average molecular weight is 428 g/mol. The predicted molar refractivity (Wildman–Crippen MR) is 112 cm³/mol. The van der Waals surface area contributed by atoms with Gasteiger partial charge in [-0.1, -0.05) is 11.3 Å². The minimum absolute atomic E-state index is 0.576. The van der Waals surface area contributed by atoms with Gasteiger partial charge in [0.25, 0.3) is 0 Å². The third-order valence-electron chi connectivity index (χ3n) is 4.57. The third kappa shape index (κ3) is 3.24. The van der Waals surface area contributed by atoms with Gasteiger partial charge in [-0.3, -0.25) is 0 Å². The van der Waals surface area contributed by atoms with Crippen molar-refractivity contribution < 1.29 is 23.7 Å². The van der Waals surface area contributed by atoms with Crippen molar-refractivity contribution in [2.75, 3.05) is 35.5 Å². The van der Waals surface area contributed by atoms with Crippen molar-refractivity contribution in [3.63, 3.8) is 0 Å². The van der Waals surface area contributed by atoms with E-state index in [0.717, 1.165) is 11.1 Å². The van der Waals surface area contributed by atoms with Crippen molar-refractivity contribution in [3.8, 4) is 50.7 Å². The molecule has 10 heteroatoms. The Bertz CT molecular complexity index is 1200. The van der Waals surface area contributed by atoms with E-state index in [2.05, 4.69) is 10.2 Å². The Hall–Kier alpha value is -3.53. The van der Waals surface area contributed by atoms with Crippen LogP contribution in [-0.2, 0) is 0 Å².